The van der Waals surface area contributed by atoms with Crippen LogP contribution >= 0.6 is 35.0 Å². The number of nitrogens with one attached hydrogen (secondary N) is 1. The standard InChI is InChI=1S/C19H21Cl2NO2S/c1-12-9-13(2)18(14(3)10-12)22-17(23)11-25-8-7-24-19-15(20)5-4-6-16(19)21/h4-6,9-10H,7-8,11H2,1-3H3,(H,22,23). The Morgan fingerprint density at radius 2 is 1.72 bits per heavy atom. The van der Waals surface area contributed by atoms with Crippen molar-refractivity contribution >= 4 is 46.6 Å². The molecule has 0 aliphatic carbocycles. The van der Waals surface area contributed by atoms with Crippen LogP contribution in [0.2, 0.25) is 10.0 Å². The molecule has 1 amide bonds. The molecule has 0 spiro atoms. The van der Waals surface area contributed by atoms with E-state index in [2.05, 4.69) is 17.4 Å². The van der Waals surface area contributed by atoms with Gasteiger partial charge in [-0.25, -0.2) is 0 Å². The van der Waals surface area contributed by atoms with E-state index >= 15 is 0 Å². The number of ether oxygens (including phenoxy) is 1. The summed E-state index contributed by atoms with van der Waals surface area (Å²) >= 11 is 13.6. The lowest BCUT2D eigenvalue weighted by Gasteiger charge is -2.13. The Kier molecular flexibility index (Phi) is 7.48. The molecule has 1 N–H and O–H groups in total. The number of anilines is 1. The lowest BCUT2D eigenvalue weighted by atomic mass is 10.1. The molecule has 0 heterocycles. The predicted molar refractivity (Wildman–Crippen MR) is 109 cm³/mol. The van der Waals surface area contributed by atoms with Gasteiger partial charge >= 0.3 is 0 Å². The Morgan fingerprint density at radius 1 is 1.12 bits per heavy atom. The maximum atomic E-state index is 12.1. The number of halogens is 2. The highest BCUT2D eigenvalue weighted by Crippen LogP contribution is 2.32. The number of aryl methyl sites for hydroxylation is 3. The topological polar surface area (TPSA) is 38.3 Å². The summed E-state index contributed by atoms with van der Waals surface area (Å²) in [5.74, 6) is 1.50. The van der Waals surface area contributed by atoms with Crippen LogP contribution in [0.25, 0.3) is 0 Å². The second-order valence-electron chi connectivity index (χ2n) is 5.77. The van der Waals surface area contributed by atoms with Gasteiger partial charge in [0.15, 0.2) is 5.75 Å². The van der Waals surface area contributed by atoms with E-state index in [1.165, 1.54) is 17.3 Å². The fourth-order valence-electron chi connectivity index (χ4n) is 2.54. The molecule has 2 aromatic rings. The minimum atomic E-state index is -0.0178. The number of rotatable bonds is 7. The number of carbonyl (C=O) groups excluding carboxylic acids is 1. The third kappa shape index (κ3) is 5.84. The van der Waals surface area contributed by atoms with Gasteiger partial charge in [0.05, 0.1) is 22.4 Å². The Balaban J connectivity index is 1.76. The van der Waals surface area contributed by atoms with Crippen molar-refractivity contribution in [2.45, 2.75) is 20.8 Å². The minimum absolute atomic E-state index is 0.0178. The molecule has 6 heteroatoms. The van der Waals surface area contributed by atoms with E-state index in [-0.39, 0.29) is 5.91 Å². The highest BCUT2D eigenvalue weighted by Gasteiger charge is 2.09. The molecular weight excluding hydrogens is 377 g/mol. The van der Waals surface area contributed by atoms with E-state index in [0.29, 0.717) is 33.9 Å². The Bertz CT molecular complexity index is 722. The van der Waals surface area contributed by atoms with Gasteiger partial charge in [0.1, 0.15) is 0 Å². The van der Waals surface area contributed by atoms with E-state index in [0.717, 1.165) is 16.8 Å². The number of hydrogen-bond donors (Lipinski definition) is 1. The summed E-state index contributed by atoms with van der Waals surface area (Å²) in [5, 5.41) is 3.96. The summed E-state index contributed by atoms with van der Waals surface area (Å²) in [6.07, 6.45) is 0. The molecular formula is C19H21Cl2NO2S. The zero-order valence-corrected chi connectivity index (χ0v) is 16.8. The number of carbonyl (C=O) groups is 1. The lowest BCUT2D eigenvalue weighted by Crippen LogP contribution is -2.17. The molecule has 3 nitrogen and oxygen atoms in total. The smallest absolute Gasteiger partial charge is 0.234 e. The van der Waals surface area contributed by atoms with Crippen LogP contribution in [-0.4, -0.2) is 24.0 Å². The second kappa shape index (κ2) is 9.37. The van der Waals surface area contributed by atoms with E-state index < -0.39 is 0 Å². The van der Waals surface area contributed by atoms with Crippen molar-refractivity contribution in [1.29, 1.82) is 0 Å². The zero-order valence-electron chi connectivity index (χ0n) is 14.5. The van der Waals surface area contributed by atoms with Gasteiger partial charge in [0.25, 0.3) is 0 Å². The Morgan fingerprint density at radius 3 is 2.32 bits per heavy atom. The summed E-state index contributed by atoms with van der Waals surface area (Å²) in [6.45, 7) is 6.49. The summed E-state index contributed by atoms with van der Waals surface area (Å²) in [4.78, 5) is 12.1. The molecule has 0 atom stereocenters. The number of benzene rings is 2. The summed E-state index contributed by atoms with van der Waals surface area (Å²) < 4.78 is 5.60. The molecule has 0 saturated heterocycles. The fourth-order valence-corrected chi connectivity index (χ4v) is 3.65. The summed E-state index contributed by atoms with van der Waals surface area (Å²) in [7, 11) is 0. The van der Waals surface area contributed by atoms with Crippen molar-refractivity contribution in [3.8, 4) is 5.75 Å². The largest absolute Gasteiger partial charge is 0.490 e. The third-order valence-electron chi connectivity index (χ3n) is 3.57. The van der Waals surface area contributed by atoms with Gasteiger partial charge < -0.3 is 10.1 Å². The monoisotopic (exact) mass is 397 g/mol. The molecule has 0 aliphatic rings. The molecule has 0 saturated carbocycles. The van der Waals surface area contributed by atoms with Crippen molar-refractivity contribution in [3.63, 3.8) is 0 Å². The van der Waals surface area contributed by atoms with Crippen molar-refractivity contribution in [2.24, 2.45) is 0 Å². The van der Waals surface area contributed by atoms with Crippen LogP contribution in [0.5, 0.6) is 5.75 Å². The molecule has 25 heavy (non-hydrogen) atoms. The van der Waals surface area contributed by atoms with Crippen LogP contribution in [-0.2, 0) is 4.79 Å². The van der Waals surface area contributed by atoms with Crippen molar-refractivity contribution in [1.82, 2.24) is 0 Å². The fraction of sp³-hybridized carbons (Fsp3) is 0.316. The molecule has 0 bridgehead atoms. The van der Waals surface area contributed by atoms with Crippen molar-refractivity contribution in [2.75, 3.05) is 23.4 Å². The molecule has 0 unspecified atom stereocenters. The predicted octanol–water partition coefficient (Wildman–Crippen LogP) is 5.67. The van der Waals surface area contributed by atoms with Crippen LogP contribution in [0.4, 0.5) is 5.69 Å². The SMILES string of the molecule is Cc1cc(C)c(NC(=O)CSCCOc2c(Cl)cccc2Cl)c(C)c1. The first-order valence-corrected chi connectivity index (χ1v) is 9.82. The van der Waals surface area contributed by atoms with Gasteiger partial charge in [0, 0.05) is 11.4 Å². The van der Waals surface area contributed by atoms with Gasteiger partial charge in [-0.1, -0.05) is 47.0 Å². The number of amides is 1. The third-order valence-corrected chi connectivity index (χ3v) is 5.08. The zero-order chi connectivity index (χ0) is 18.4. The van der Waals surface area contributed by atoms with E-state index in [1.807, 2.05) is 20.8 Å². The van der Waals surface area contributed by atoms with Crippen molar-refractivity contribution in [3.05, 3.63) is 57.1 Å². The maximum Gasteiger partial charge on any atom is 0.234 e. The normalized spacial score (nSPS) is 10.6. The average molecular weight is 398 g/mol. The molecule has 134 valence electrons. The van der Waals surface area contributed by atoms with Gasteiger partial charge in [-0.15, -0.1) is 11.8 Å². The van der Waals surface area contributed by atoms with E-state index in [1.54, 1.807) is 18.2 Å². The van der Waals surface area contributed by atoms with Gasteiger partial charge in [-0.3, -0.25) is 4.79 Å². The number of thioether (sulfide) groups is 1. The van der Waals surface area contributed by atoms with E-state index in [9.17, 15) is 4.79 Å². The Labute approximate surface area is 163 Å². The highest BCUT2D eigenvalue weighted by molar-refractivity contribution is 7.99. The molecule has 2 rings (SSSR count). The lowest BCUT2D eigenvalue weighted by molar-refractivity contribution is -0.113. The molecule has 0 aliphatic heterocycles. The average Bonchev–Trinajstić information content (AvgIpc) is 2.53. The van der Waals surface area contributed by atoms with Crippen LogP contribution in [0.15, 0.2) is 30.3 Å². The van der Waals surface area contributed by atoms with Gasteiger partial charge in [-0.2, -0.15) is 0 Å². The quantitative estimate of drug-likeness (QED) is 0.611. The minimum Gasteiger partial charge on any atom is -0.490 e. The highest BCUT2D eigenvalue weighted by atomic mass is 35.5. The van der Waals surface area contributed by atoms with Crippen molar-refractivity contribution < 1.29 is 9.53 Å². The molecule has 0 aromatic heterocycles. The first-order chi connectivity index (χ1) is 11.9. The first-order valence-electron chi connectivity index (χ1n) is 7.90. The van der Waals surface area contributed by atoms with Gasteiger partial charge in [0.2, 0.25) is 5.91 Å². The maximum absolute atomic E-state index is 12.1. The molecule has 0 radical (unpaired) electrons. The molecule has 0 fully saturated rings. The second-order valence-corrected chi connectivity index (χ2v) is 7.69. The van der Waals surface area contributed by atoms with Crippen LogP contribution < -0.4 is 10.1 Å². The van der Waals surface area contributed by atoms with Gasteiger partial charge in [-0.05, 0) is 44.0 Å². The van der Waals surface area contributed by atoms with E-state index in [4.69, 9.17) is 27.9 Å². The van der Waals surface area contributed by atoms with Crippen LogP contribution in [0, 0.1) is 20.8 Å². The first kappa shape index (κ1) is 20.0. The van der Waals surface area contributed by atoms with Crippen LogP contribution in [0.3, 0.4) is 0 Å². The molecule has 2 aromatic carbocycles. The number of para-hydroxylation sites is 1. The van der Waals surface area contributed by atoms with Crippen LogP contribution in [0.1, 0.15) is 16.7 Å². The number of hydrogen-bond acceptors (Lipinski definition) is 3. The summed E-state index contributed by atoms with van der Waals surface area (Å²) in [6, 6.07) is 9.37. The summed E-state index contributed by atoms with van der Waals surface area (Å²) in [5.41, 5.74) is 4.24. The Hall–Kier alpha value is -1.36.